The summed E-state index contributed by atoms with van der Waals surface area (Å²) < 4.78 is 5.03. The predicted octanol–water partition coefficient (Wildman–Crippen LogP) is 2.21. The Bertz CT molecular complexity index is 337. The predicted molar refractivity (Wildman–Crippen MR) is 60.6 cm³/mol. The largest absolute Gasteiger partial charge is 0.480 e. The van der Waals surface area contributed by atoms with Crippen LogP contribution in [-0.2, 0) is 0 Å². The van der Waals surface area contributed by atoms with Crippen molar-refractivity contribution < 1.29 is 4.74 Å². The molecule has 82 valence electrons. The number of nitrogens with zero attached hydrogens (tertiary/aromatic N) is 1. The van der Waals surface area contributed by atoms with E-state index in [0.29, 0.717) is 16.8 Å². The number of pyridine rings is 1. The van der Waals surface area contributed by atoms with Crippen LogP contribution in [0.3, 0.4) is 0 Å². The smallest absolute Gasteiger partial charge is 0.232 e. The Hall–Kier alpha value is -0.800. The molecule has 2 rings (SSSR count). The van der Waals surface area contributed by atoms with Gasteiger partial charge in [-0.3, -0.25) is 0 Å². The molecule has 0 unspecified atom stereocenters. The standard InChI is InChI=1S/C11H15ClN2O/c1-15-11-10(12)6-9(7-14-11)8-2-4-13-5-3-8/h6-8,13H,2-5H2,1H3. The van der Waals surface area contributed by atoms with Gasteiger partial charge in [-0.25, -0.2) is 4.98 Å². The van der Waals surface area contributed by atoms with Crippen LogP contribution in [0, 0.1) is 0 Å². The van der Waals surface area contributed by atoms with Gasteiger partial charge in [0.1, 0.15) is 5.02 Å². The second-order valence-corrected chi connectivity index (χ2v) is 4.19. The maximum atomic E-state index is 6.05. The van der Waals surface area contributed by atoms with Crippen LogP contribution in [0.4, 0.5) is 0 Å². The lowest BCUT2D eigenvalue weighted by Gasteiger charge is -2.22. The highest BCUT2D eigenvalue weighted by Crippen LogP contribution is 2.29. The van der Waals surface area contributed by atoms with Crippen molar-refractivity contribution >= 4 is 11.6 Å². The van der Waals surface area contributed by atoms with E-state index in [0.717, 1.165) is 25.9 Å². The Labute approximate surface area is 94.8 Å². The van der Waals surface area contributed by atoms with Crippen molar-refractivity contribution in [2.75, 3.05) is 20.2 Å². The lowest BCUT2D eigenvalue weighted by atomic mass is 9.91. The third-order valence-electron chi connectivity index (χ3n) is 2.83. The van der Waals surface area contributed by atoms with Gasteiger partial charge >= 0.3 is 0 Å². The van der Waals surface area contributed by atoms with Crippen LogP contribution in [0.15, 0.2) is 12.3 Å². The van der Waals surface area contributed by atoms with Crippen LogP contribution in [0.25, 0.3) is 0 Å². The first-order valence-corrected chi connectivity index (χ1v) is 5.59. The van der Waals surface area contributed by atoms with Crippen LogP contribution in [-0.4, -0.2) is 25.2 Å². The van der Waals surface area contributed by atoms with Gasteiger partial charge in [0.15, 0.2) is 0 Å². The van der Waals surface area contributed by atoms with E-state index in [4.69, 9.17) is 16.3 Å². The summed E-state index contributed by atoms with van der Waals surface area (Å²) in [6.07, 6.45) is 4.19. The summed E-state index contributed by atoms with van der Waals surface area (Å²) >= 11 is 6.05. The lowest BCUT2D eigenvalue weighted by Crippen LogP contribution is -2.26. The Balaban J connectivity index is 2.17. The number of ether oxygens (including phenoxy) is 1. The second-order valence-electron chi connectivity index (χ2n) is 3.78. The summed E-state index contributed by atoms with van der Waals surface area (Å²) in [5.41, 5.74) is 1.22. The number of rotatable bonds is 2. The third-order valence-corrected chi connectivity index (χ3v) is 3.10. The SMILES string of the molecule is COc1ncc(C2CCNCC2)cc1Cl. The van der Waals surface area contributed by atoms with Crippen LogP contribution >= 0.6 is 11.6 Å². The number of nitrogens with one attached hydrogen (secondary N) is 1. The minimum Gasteiger partial charge on any atom is -0.480 e. The van der Waals surface area contributed by atoms with Gasteiger partial charge in [-0.15, -0.1) is 0 Å². The first-order chi connectivity index (χ1) is 7.31. The second kappa shape index (κ2) is 4.81. The molecule has 1 fully saturated rings. The Kier molecular flexibility index (Phi) is 3.44. The highest BCUT2D eigenvalue weighted by molar-refractivity contribution is 6.31. The van der Waals surface area contributed by atoms with Crippen LogP contribution in [0.1, 0.15) is 24.3 Å². The van der Waals surface area contributed by atoms with Gasteiger partial charge in [-0.2, -0.15) is 0 Å². The van der Waals surface area contributed by atoms with Gasteiger partial charge in [0, 0.05) is 6.20 Å². The third kappa shape index (κ3) is 2.41. The zero-order valence-electron chi connectivity index (χ0n) is 8.79. The van der Waals surface area contributed by atoms with E-state index in [-0.39, 0.29) is 0 Å². The Morgan fingerprint density at radius 1 is 1.47 bits per heavy atom. The number of methoxy groups -OCH3 is 1. The number of hydrogen-bond acceptors (Lipinski definition) is 3. The highest BCUT2D eigenvalue weighted by Gasteiger charge is 2.16. The first kappa shape index (κ1) is 10.7. The summed E-state index contributed by atoms with van der Waals surface area (Å²) in [4.78, 5) is 4.20. The van der Waals surface area contributed by atoms with Crippen molar-refractivity contribution in [3.63, 3.8) is 0 Å². The van der Waals surface area contributed by atoms with E-state index in [1.165, 1.54) is 5.56 Å². The normalized spacial score (nSPS) is 17.7. The molecule has 0 saturated carbocycles. The van der Waals surface area contributed by atoms with E-state index >= 15 is 0 Å². The van der Waals surface area contributed by atoms with Crippen molar-refractivity contribution in [3.8, 4) is 5.88 Å². The van der Waals surface area contributed by atoms with E-state index in [2.05, 4.69) is 10.3 Å². The molecule has 0 aromatic carbocycles. The zero-order valence-corrected chi connectivity index (χ0v) is 9.55. The summed E-state index contributed by atoms with van der Waals surface area (Å²) in [7, 11) is 1.58. The molecule has 0 aliphatic carbocycles. The number of halogens is 1. The summed E-state index contributed by atoms with van der Waals surface area (Å²) in [5.74, 6) is 1.09. The van der Waals surface area contributed by atoms with E-state index < -0.39 is 0 Å². The summed E-state index contributed by atoms with van der Waals surface area (Å²) in [6.45, 7) is 2.16. The molecule has 1 aromatic rings. The quantitative estimate of drug-likeness (QED) is 0.840. The average molecular weight is 227 g/mol. The van der Waals surface area contributed by atoms with Crippen molar-refractivity contribution in [1.82, 2.24) is 10.3 Å². The zero-order chi connectivity index (χ0) is 10.7. The molecule has 15 heavy (non-hydrogen) atoms. The van der Waals surface area contributed by atoms with Crippen LogP contribution in [0.2, 0.25) is 5.02 Å². The fraction of sp³-hybridized carbons (Fsp3) is 0.545. The van der Waals surface area contributed by atoms with Crippen molar-refractivity contribution in [2.45, 2.75) is 18.8 Å². The minimum absolute atomic E-state index is 0.509. The van der Waals surface area contributed by atoms with Gasteiger partial charge < -0.3 is 10.1 Å². The van der Waals surface area contributed by atoms with E-state index in [1.54, 1.807) is 7.11 Å². The number of piperidine rings is 1. The maximum absolute atomic E-state index is 6.05. The Morgan fingerprint density at radius 3 is 2.80 bits per heavy atom. The van der Waals surface area contributed by atoms with E-state index in [1.807, 2.05) is 12.3 Å². The molecule has 0 bridgehead atoms. The molecular formula is C11H15ClN2O. The number of hydrogen-bond donors (Lipinski definition) is 1. The highest BCUT2D eigenvalue weighted by atomic mass is 35.5. The molecule has 0 amide bonds. The maximum Gasteiger partial charge on any atom is 0.232 e. The topological polar surface area (TPSA) is 34.1 Å². The average Bonchev–Trinajstić information content (AvgIpc) is 2.30. The molecular weight excluding hydrogens is 212 g/mol. The molecule has 1 aliphatic rings. The molecule has 0 spiro atoms. The van der Waals surface area contributed by atoms with Crippen molar-refractivity contribution in [2.24, 2.45) is 0 Å². The molecule has 3 nitrogen and oxygen atoms in total. The lowest BCUT2D eigenvalue weighted by molar-refractivity contribution is 0.396. The molecule has 0 radical (unpaired) electrons. The molecule has 1 saturated heterocycles. The molecule has 1 aromatic heterocycles. The molecule has 1 N–H and O–H groups in total. The van der Waals surface area contributed by atoms with Gasteiger partial charge in [0.25, 0.3) is 0 Å². The fourth-order valence-electron chi connectivity index (χ4n) is 1.97. The fourth-order valence-corrected chi connectivity index (χ4v) is 2.22. The minimum atomic E-state index is 0.509. The van der Waals surface area contributed by atoms with Gasteiger partial charge in [0.2, 0.25) is 5.88 Å². The van der Waals surface area contributed by atoms with E-state index in [9.17, 15) is 0 Å². The molecule has 1 aliphatic heterocycles. The molecule has 0 atom stereocenters. The summed E-state index contributed by atoms with van der Waals surface area (Å²) in [5, 5.41) is 3.95. The van der Waals surface area contributed by atoms with Gasteiger partial charge in [-0.05, 0) is 43.5 Å². The van der Waals surface area contributed by atoms with Crippen LogP contribution in [0.5, 0.6) is 5.88 Å². The molecule has 4 heteroatoms. The van der Waals surface area contributed by atoms with Crippen LogP contribution < -0.4 is 10.1 Å². The van der Waals surface area contributed by atoms with Crippen molar-refractivity contribution in [3.05, 3.63) is 22.8 Å². The van der Waals surface area contributed by atoms with Gasteiger partial charge in [0.05, 0.1) is 7.11 Å². The van der Waals surface area contributed by atoms with Gasteiger partial charge in [-0.1, -0.05) is 11.6 Å². The number of aromatic nitrogens is 1. The monoisotopic (exact) mass is 226 g/mol. The van der Waals surface area contributed by atoms with Crippen molar-refractivity contribution in [1.29, 1.82) is 0 Å². The molecule has 2 heterocycles. The Morgan fingerprint density at radius 2 is 2.20 bits per heavy atom. The first-order valence-electron chi connectivity index (χ1n) is 5.21. The summed E-state index contributed by atoms with van der Waals surface area (Å²) in [6, 6.07) is 1.98.